The van der Waals surface area contributed by atoms with Crippen LogP contribution in [0.5, 0.6) is 0 Å². The van der Waals surface area contributed by atoms with E-state index in [-0.39, 0.29) is 12.5 Å². The molecule has 0 saturated heterocycles. The van der Waals surface area contributed by atoms with Gasteiger partial charge in [0.15, 0.2) is 0 Å². The summed E-state index contributed by atoms with van der Waals surface area (Å²) in [7, 11) is 0. The van der Waals surface area contributed by atoms with Crippen LogP contribution < -0.4 is 5.32 Å². The van der Waals surface area contributed by atoms with E-state index in [0.717, 1.165) is 15.6 Å². The van der Waals surface area contributed by atoms with Gasteiger partial charge in [-0.15, -0.1) is 11.3 Å². The largest absolute Gasteiger partial charge is 0.444 e. The normalized spacial score (nSPS) is 12.9. The summed E-state index contributed by atoms with van der Waals surface area (Å²) in [6.45, 7) is 5.38. The topological polar surface area (TPSA) is 55.4 Å². The molecule has 1 aromatic heterocycles. The molecule has 0 bridgehead atoms. The van der Waals surface area contributed by atoms with E-state index in [0.29, 0.717) is 0 Å². The number of hydrogen-bond acceptors (Lipinski definition) is 4. The standard InChI is InChI=1S/C12H16BrNO3S/c1-12(2,3)17-11(16)14-9(4-5-15)10-6-8(13)7-18-10/h5-7,9H,4H2,1-3H3,(H,14,16)/t9-/m0/s1. The Labute approximate surface area is 119 Å². The zero-order valence-corrected chi connectivity index (χ0v) is 12.9. The van der Waals surface area contributed by atoms with Crippen LogP contribution in [-0.4, -0.2) is 18.0 Å². The molecule has 0 saturated carbocycles. The Bertz CT molecular complexity index is 425. The number of amides is 1. The first-order valence-electron chi connectivity index (χ1n) is 5.49. The van der Waals surface area contributed by atoms with Crippen LogP contribution in [0.3, 0.4) is 0 Å². The van der Waals surface area contributed by atoms with Crippen molar-refractivity contribution in [1.82, 2.24) is 5.32 Å². The molecule has 0 aliphatic rings. The summed E-state index contributed by atoms with van der Waals surface area (Å²) in [6.07, 6.45) is 0.501. The molecule has 18 heavy (non-hydrogen) atoms. The highest BCUT2D eigenvalue weighted by molar-refractivity contribution is 9.10. The van der Waals surface area contributed by atoms with E-state index in [4.69, 9.17) is 4.74 Å². The van der Waals surface area contributed by atoms with Gasteiger partial charge in [-0.2, -0.15) is 0 Å². The third-order valence-electron chi connectivity index (χ3n) is 1.95. The van der Waals surface area contributed by atoms with Crippen LogP contribution in [0.15, 0.2) is 15.9 Å². The van der Waals surface area contributed by atoms with Crippen molar-refractivity contribution >= 4 is 39.6 Å². The molecule has 0 unspecified atom stereocenters. The molecule has 1 heterocycles. The predicted molar refractivity (Wildman–Crippen MR) is 74.8 cm³/mol. The minimum absolute atomic E-state index is 0.228. The van der Waals surface area contributed by atoms with Gasteiger partial charge in [0, 0.05) is 21.2 Å². The Morgan fingerprint density at radius 2 is 2.28 bits per heavy atom. The molecule has 0 spiro atoms. The van der Waals surface area contributed by atoms with Gasteiger partial charge in [-0.1, -0.05) is 0 Å². The number of alkyl carbamates (subject to hydrolysis) is 1. The lowest BCUT2D eigenvalue weighted by atomic mass is 10.2. The van der Waals surface area contributed by atoms with E-state index < -0.39 is 11.7 Å². The van der Waals surface area contributed by atoms with Crippen molar-refractivity contribution < 1.29 is 14.3 Å². The number of hydrogen-bond donors (Lipinski definition) is 1. The smallest absolute Gasteiger partial charge is 0.408 e. The molecule has 1 atom stereocenters. The van der Waals surface area contributed by atoms with Crippen LogP contribution in [0.4, 0.5) is 4.79 Å². The van der Waals surface area contributed by atoms with E-state index in [1.807, 2.05) is 11.4 Å². The first kappa shape index (κ1) is 15.2. The highest BCUT2D eigenvalue weighted by Crippen LogP contribution is 2.27. The Morgan fingerprint density at radius 3 is 2.72 bits per heavy atom. The average molecular weight is 334 g/mol. The molecule has 0 fully saturated rings. The van der Waals surface area contributed by atoms with Crippen LogP contribution in [-0.2, 0) is 9.53 Å². The molecule has 1 aromatic rings. The summed E-state index contributed by atoms with van der Waals surface area (Å²) in [5.74, 6) is 0. The molecule has 0 aliphatic heterocycles. The van der Waals surface area contributed by atoms with Crippen molar-refractivity contribution in [3.05, 3.63) is 20.8 Å². The van der Waals surface area contributed by atoms with Gasteiger partial charge < -0.3 is 14.8 Å². The fraction of sp³-hybridized carbons (Fsp3) is 0.500. The highest BCUT2D eigenvalue weighted by Gasteiger charge is 2.21. The minimum atomic E-state index is -0.550. The molecule has 4 nitrogen and oxygen atoms in total. The first-order chi connectivity index (χ1) is 8.31. The Kier molecular flexibility index (Phi) is 5.34. The molecule has 1 rings (SSSR count). The second kappa shape index (κ2) is 6.33. The van der Waals surface area contributed by atoms with Crippen molar-refractivity contribution in [2.24, 2.45) is 0 Å². The van der Waals surface area contributed by atoms with E-state index >= 15 is 0 Å². The number of carbonyl (C=O) groups is 2. The second-order valence-electron chi connectivity index (χ2n) is 4.77. The first-order valence-corrected chi connectivity index (χ1v) is 7.16. The second-order valence-corrected chi connectivity index (χ2v) is 6.63. The molecular formula is C12H16BrNO3S. The molecule has 0 aliphatic carbocycles. The highest BCUT2D eigenvalue weighted by atomic mass is 79.9. The lowest BCUT2D eigenvalue weighted by Crippen LogP contribution is -2.34. The van der Waals surface area contributed by atoms with E-state index in [1.54, 1.807) is 20.8 Å². The summed E-state index contributed by atoms with van der Waals surface area (Å²) in [4.78, 5) is 23.2. The maximum Gasteiger partial charge on any atom is 0.408 e. The number of halogens is 1. The van der Waals surface area contributed by atoms with Crippen LogP contribution in [0.25, 0.3) is 0 Å². The van der Waals surface area contributed by atoms with Gasteiger partial charge in [0.1, 0.15) is 11.9 Å². The third-order valence-corrected chi connectivity index (χ3v) is 3.76. The molecule has 100 valence electrons. The average Bonchev–Trinajstić information content (AvgIpc) is 2.61. The van der Waals surface area contributed by atoms with Gasteiger partial charge in [0.25, 0.3) is 0 Å². The predicted octanol–water partition coefficient (Wildman–Crippen LogP) is 3.67. The molecular weight excluding hydrogens is 318 g/mol. The van der Waals surface area contributed by atoms with Gasteiger partial charge >= 0.3 is 6.09 Å². The zero-order valence-electron chi connectivity index (χ0n) is 10.5. The lowest BCUT2D eigenvalue weighted by Gasteiger charge is -2.22. The van der Waals surface area contributed by atoms with Crippen LogP contribution in [0.2, 0.25) is 0 Å². The van der Waals surface area contributed by atoms with E-state index in [1.165, 1.54) is 11.3 Å². The summed E-state index contributed by atoms with van der Waals surface area (Å²) in [6, 6.07) is 1.55. The number of aldehydes is 1. The fourth-order valence-electron chi connectivity index (χ4n) is 1.30. The van der Waals surface area contributed by atoms with Gasteiger partial charge in [-0.05, 0) is 42.8 Å². The number of thiophene rings is 1. The summed E-state index contributed by atoms with van der Waals surface area (Å²) >= 11 is 4.83. The number of ether oxygens (including phenoxy) is 1. The van der Waals surface area contributed by atoms with Crippen molar-refractivity contribution in [2.75, 3.05) is 0 Å². The Hall–Kier alpha value is -0.880. The van der Waals surface area contributed by atoms with Gasteiger partial charge in [-0.3, -0.25) is 0 Å². The minimum Gasteiger partial charge on any atom is -0.444 e. The maximum atomic E-state index is 11.7. The fourth-order valence-corrected chi connectivity index (χ4v) is 2.81. The van der Waals surface area contributed by atoms with E-state index in [9.17, 15) is 9.59 Å². The van der Waals surface area contributed by atoms with Crippen molar-refractivity contribution in [2.45, 2.75) is 38.8 Å². The quantitative estimate of drug-likeness (QED) is 0.855. The van der Waals surface area contributed by atoms with Crippen LogP contribution in [0.1, 0.15) is 38.1 Å². The van der Waals surface area contributed by atoms with Crippen molar-refractivity contribution in [3.63, 3.8) is 0 Å². The third kappa shape index (κ3) is 5.18. The summed E-state index contributed by atoms with van der Waals surface area (Å²) < 4.78 is 6.10. The molecule has 6 heteroatoms. The monoisotopic (exact) mass is 333 g/mol. The molecule has 0 radical (unpaired) electrons. The van der Waals surface area contributed by atoms with Crippen LogP contribution >= 0.6 is 27.3 Å². The van der Waals surface area contributed by atoms with Crippen LogP contribution in [0, 0.1) is 0 Å². The Morgan fingerprint density at radius 1 is 1.61 bits per heavy atom. The summed E-state index contributed by atoms with van der Waals surface area (Å²) in [5.41, 5.74) is -0.550. The molecule has 1 amide bonds. The van der Waals surface area contributed by atoms with Crippen molar-refractivity contribution in [3.8, 4) is 0 Å². The Balaban J connectivity index is 2.69. The van der Waals surface area contributed by atoms with E-state index in [2.05, 4.69) is 21.2 Å². The molecule has 1 N–H and O–H groups in total. The van der Waals surface area contributed by atoms with Gasteiger partial charge in [0.2, 0.25) is 0 Å². The maximum absolute atomic E-state index is 11.7. The summed E-state index contributed by atoms with van der Waals surface area (Å²) in [5, 5.41) is 4.61. The number of rotatable bonds is 4. The number of nitrogens with one attached hydrogen (secondary N) is 1. The van der Waals surface area contributed by atoms with Gasteiger partial charge in [-0.25, -0.2) is 4.79 Å². The van der Waals surface area contributed by atoms with Gasteiger partial charge in [0.05, 0.1) is 6.04 Å². The lowest BCUT2D eigenvalue weighted by molar-refractivity contribution is -0.108. The zero-order chi connectivity index (χ0) is 13.8. The SMILES string of the molecule is CC(C)(C)OC(=O)N[C@@H](CC=O)c1cc(Br)cs1. The molecule has 0 aromatic carbocycles. The number of carbonyl (C=O) groups excluding carboxylic acids is 2. The van der Waals surface area contributed by atoms with Crippen molar-refractivity contribution in [1.29, 1.82) is 0 Å².